The van der Waals surface area contributed by atoms with Gasteiger partial charge in [-0.1, -0.05) is 13.8 Å². The van der Waals surface area contributed by atoms with Gasteiger partial charge in [-0.05, 0) is 49.9 Å². The van der Waals surface area contributed by atoms with Crippen LogP contribution in [0.3, 0.4) is 0 Å². The maximum Gasteiger partial charge on any atom is 0.165 e. The van der Waals surface area contributed by atoms with E-state index in [1.54, 1.807) is 26.0 Å². The number of Topliss-reactive ketones (excluding diaryl/α,β-unsaturated/α-hetero) is 1. The minimum absolute atomic E-state index is 0.0595. The van der Waals surface area contributed by atoms with E-state index in [0.717, 1.165) is 12.8 Å². The molecule has 1 rings (SSSR count). The molecule has 0 aliphatic carbocycles. The van der Waals surface area contributed by atoms with Gasteiger partial charge in [0.2, 0.25) is 0 Å². The smallest absolute Gasteiger partial charge is 0.165 e. The van der Waals surface area contributed by atoms with Gasteiger partial charge in [-0.25, -0.2) is 4.39 Å². The Bertz CT molecular complexity index is 369. The zero-order chi connectivity index (χ0) is 12.3. The van der Waals surface area contributed by atoms with E-state index >= 15 is 0 Å². The van der Waals surface area contributed by atoms with Gasteiger partial charge in [0.25, 0.3) is 0 Å². The zero-order valence-corrected chi connectivity index (χ0v) is 10.4. The normalized spacial score (nSPS) is 10.9. The largest absolute Gasteiger partial charge is 0.294 e. The first-order valence-corrected chi connectivity index (χ1v) is 5.82. The third-order valence-corrected chi connectivity index (χ3v) is 3.08. The molecule has 0 saturated carbocycles. The van der Waals surface area contributed by atoms with Gasteiger partial charge in [-0.2, -0.15) is 0 Å². The number of ketones is 1. The maximum atomic E-state index is 13.4. The number of rotatable bonds is 4. The Labute approximate surface area is 96.7 Å². The summed E-state index contributed by atoms with van der Waals surface area (Å²) in [5, 5.41) is 0. The molecule has 0 aliphatic heterocycles. The van der Waals surface area contributed by atoms with Gasteiger partial charge in [-0.15, -0.1) is 0 Å². The summed E-state index contributed by atoms with van der Waals surface area (Å²) in [5.74, 6) is -0.0124. The molecule has 1 aromatic carbocycles. The second kappa shape index (κ2) is 5.24. The second-order valence-corrected chi connectivity index (χ2v) is 4.30. The van der Waals surface area contributed by atoms with E-state index in [1.165, 1.54) is 0 Å². The number of carbonyl (C=O) groups is 1. The van der Waals surface area contributed by atoms with Crippen LogP contribution < -0.4 is 0 Å². The van der Waals surface area contributed by atoms with Crippen molar-refractivity contribution in [3.8, 4) is 0 Å². The highest BCUT2D eigenvalue weighted by Gasteiger charge is 2.17. The maximum absolute atomic E-state index is 13.4. The fourth-order valence-electron chi connectivity index (χ4n) is 1.98. The molecule has 0 fully saturated rings. The van der Waals surface area contributed by atoms with Crippen LogP contribution in [-0.2, 0) is 0 Å². The van der Waals surface area contributed by atoms with E-state index < -0.39 is 0 Å². The first kappa shape index (κ1) is 12.9. The van der Waals surface area contributed by atoms with Crippen molar-refractivity contribution in [1.82, 2.24) is 0 Å². The molecule has 88 valence electrons. The van der Waals surface area contributed by atoms with E-state index in [0.29, 0.717) is 16.7 Å². The fraction of sp³-hybridized carbons (Fsp3) is 0.500. The summed E-state index contributed by atoms with van der Waals surface area (Å²) in [6, 6.07) is 3.31. The van der Waals surface area contributed by atoms with Crippen LogP contribution in [0, 0.1) is 25.6 Å². The van der Waals surface area contributed by atoms with Crippen LogP contribution in [0.2, 0.25) is 0 Å². The summed E-state index contributed by atoms with van der Waals surface area (Å²) in [6.07, 6.45) is 1.68. The van der Waals surface area contributed by atoms with E-state index in [1.807, 2.05) is 13.8 Å². The van der Waals surface area contributed by atoms with Gasteiger partial charge in [-0.3, -0.25) is 4.79 Å². The average Bonchev–Trinajstić information content (AvgIpc) is 2.26. The standard InChI is InChI=1S/C14H19FO/c1-5-11(6-2)14(16)12-7-9(3)13(15)10(4)8-12/h7-8,11H,5-6H2,1-4H3. The van der Waals surface area contributed by atoms with Crippen LogP contribution >= 0.6 is 0 Å². The quantitative estimate of drug-likeness (QED) is 0.702. The van der Waals surface area contributed by atoms with Crippen LogP contribution in [0.25, 0.3) is 0 Å². The van der Waals surface area contributed by atoms with E-state index in [4.69, 9.17) is 0 Å². The Morgan fingerprint density at radius 3 is 2.00 bits per heavy atom. The molecule has 0 heterocycles. The van der Waals surface area contributed by atoms with Gasteiger partial charge in [0.15, 0.2) is 5.78 Å². The number of benzene rings is 1. The summed E-state index contributed by atoms with van der Waals surface area (Å²) in [5.41, 5.74) is 1.74. The first-order valence-electron chi connectivity index (χ1n) is 5.82. The molecule has 0 bridgehead atoms. The minimum atomic E-state index is -0.207. The van der Waals surface area contributed by atoms with Crippen LogP contribution in [0.15, 0.2) is 12.1 Å². The van der Waals surface area contributed by atoms with E-state index in [-0.39, 0.29) is 17.5 Å². The lowest BCUT2D eigenvalue weighted by Gasteiger charge is -2.12. The zero-order valence-electron chi connectivity index (χ0n) is 10.4. The molecule has 2 heteroatoms. The fourth-order valence-corrected chi connectivity index (χ4v) is 1.98. The van der Waals surface area contributed by atoms with Crippen molar-refractivity contribution < 1.29 is 9.18 Å². The van der Waals surface area contributed by atoms with Gasteiger partial charge in [0, 0.05) is 11.5 Å². The van der Waals surface area contributed by atoms with Crippen molar-refractivity contribution in [2.45, 2.75) is 40.5 Å². The lowest BCUT2D eigenvalue weighted by Crippen LogP contribution is -2.13. The van der Waals surface area contributed by atoms with Crippen molar-refractivity contribution in [3.63, 3.8) is 0 Å². The molecule has 0 aromatic heterocycles. The van der Waals surface area contributed by atoms with Crippen LogP contribution in [0.4, 0.5) is 4.39 Å². The third-order valence-electron chi connectivity index (χ3n) is 3.08. The van der Waals surface area contributed by atoms with E-state index in [9.17, 15) is 9.18 Å². The third kappa shape index (κ3) is 2.49. The summed E-state index contributed by atoms with van der Waals surface area (Å²) < 4.78 is 13.4. The Hall–Kier alpha value is -1.18. The molecule has 0 N–H and O–H groups in total. The Balaban J connectivity index is 3.10. The number of carbonyl (C=O) groups excluding carboxylic acids is 1. The molecule has 0 radical (unpaired) electrons. The van der Waals surface area contributed by atoms with Gasteiger partial charge in [0.1, 0.15) is 5.82 Å². The highest BCUT2D eigenvalue weighted by atomic mass is 19.1. The van der Waals surface area contributed by atoms with Crippen LogP contribution in [0.5, 0.6) is 0 Å². The topological polar surface area (TPSA) is 17.1 Å². The number of hydrogen-bond donors (Lipinski definition) is 0. The Morgan fingerprint density at radius 1 is 1.19 bits per heavy atom. The van der Waals surface area contributed by atoms with Gasteiger partial charge in [0.05, 0.1) is 0 Å². The summed E-state index contributed by atoms with van der Waals surface area (Å²) in [7, 11) is 0. The molecule has 1 aromatic rings. The van der Waals surface area contributed by atoms with Crippen molar-refractivity contribution in [1.29, 1.82) is 0 Å². The predicted molar refractivity (Wildman–Crippen MR) is 64.3 cm³/mol. The molecule has 16 heavy (non-hydrogen) atoms. The number of halogens is 1. The monoisotopic (exact) mass is 222 g/mol. The van der Waals surface area contributed by atoms with Gasteiger partial charge < -0.3 is 0 Å². The summed E-state index contributed by atoms with van der Waals surface area (Å²) in [4.78, 5) is 12.1. The minimum Gasteiger partial charge on any atom is -0.294 e. The Morgan fingerprint density at radius 2 is 1.62 bits per heavy atom. The van der Waals surface area contributed by atoms with Crippen molar-refractivity contribution in [2.75, 3.05) is 0 Å². The van der Waals surface area contributed by atoms with Crippen molar-refractivity contribution in [2.24, 2.45) is 5.92 Å². The summed E-state index contributed by atoms with van der Waals surface area (Å²) in [6.45, 7) is 7.42. The molecule has 0 aliphatic rings. The lowest BCUT2D eigenvalue weighted by atomic mass is 9.91. The second-order valence-electron chi connectivity index (χ2n) is 4.30. The molecule has 0 saturated heterocycles. The SMILES string of the molecule is CCC(CC)C(=O)c1cc(C)c(F)c(C)c1. The van der Waals surface area contributed by atoms with Gasteiger partial charge >= 0.3 is 0 Å². The average molecular weight is 222 g/mol. The Kier molecular flexibility index (Phi) is 4.22. The molecular weight excluding hydrogens is 203 g/mol. The van der Waals surface area contributed by atoms with Crippen molar-refractivity contribution >= 4 is 5.78 Å². The van der Waals surface area contributed by atoms with Crippen molar-refractivity contribution in [3.05, 3.63) is 34.6 Å². The molecule has 0 unspecified atom stereocenters. The molecule has 0 amide bonds. The highest BCUT2D eigenvalue weighted by Crippen LogP contribution is 2.20. The molecule has 0 atom stereocenters. The summed E-state index contributed by atoms with van der Waals surface area (Å²) >= 11 is 0. The highest BCUT2D eigenvalue weighted by molar-refractivity contribution is 5.98. The number of aryl methyl sites for hydroxylation is 2. The number of hydrogen-bond acceptors (Lipinski definition) is 1. The molecule has 1 nitrogen and oxygen atoms in total. The van der Waals surface area contributed by atoms with E-state index in [2.05, 4.69) is 0 Å². The predicted octanol–water partition coefficient (Wildman–Crippen LogP) is 4.06. The first-order chi connectivity index (χ1) is 7.51. The molecule has 0 spiro atoms. The lowest BCUT2D eigenvalue weighted by molar-refractivity contribution is 0.0913. The van der Waals surface area contributed by atoms with Crippen LogP contribution in [-0.4, -0.2) is 5.78 Å². The van der Waals surface area contributed by atoms with Crippen LogP contribution in [0.1, 0.15) is 48.2 Å². The molecular formula is C14H19FO.